The number of carbonyl (C=O) groups is 2. The third-order valence-corrected chi connectivity index (χ3v) is 14.6. The summed E-state index contributed by atoms with van der Waals surface area (Å²) in [5.41, 5.74) is 5.62. The molecule has 2 aliphatic heterocycles. The summed E-state index contributed by atoms with van der Waals surface area (Å²) in [6.45, 7) is 14.8. The second-order valence-corrected chi connectivity index (χ2v) is 22.1. The summed E-state index contributed by atoms with van der Waals surface area (Å²) in [5.74, 6) is 0.304. The third kappa shape index (κ3) is 16.1. The van der Waals surface area contributed by atoms with E-state index in [1.807, 2.05) is 54.9 Å². The molecule has 71 heavy (non-hydrogen) atoms. The Morgan fingerprint density at radius 3 is 2.27 bits per heavy atom. The molecular formula is C52H73N8O9S2+. The Morgan fingerprint density at radius 1 is 0.817 bits per heavy atom. The van der Waals surface area contributed by atoms with Crippen LogP contribution in [-0.2, 0) is 40.7 Å². The molecule has 2 aromatic carbocycles. The van der Waals surface area contributed by atoms with Crippen LogP contribution in [0.25, 0.3) is 0 Å². The monoisotopic (exact) mass is 1020 g/mol. The van der Waals surface area contributed by atoms with Gasteiger partial charge in [-0.25, -0.2) is 4.79 Å². The number of nitrogens with one attached hydrogen (secondary N) is 4. The molecule has 3 heterocycles. The van der Waals surface area contributed by atoms with Crippen molar-refractivity contribution in [1.29, 1.82) is 0 Å². The van der Waals surface area contributed by atoms with E-state index in [4.69, 9.17) is 0 Å². The normalized spacial score (nSPS) is 17.2. The molecule has 1 amide bonds. The standard InChI is InChI=1S/C52H72N8O9S2/c1-7-33-59-44-27-25-38(2)36-42(44)52(6,29-17-11-16-24-47(62)53-31-19-32-55-49-56-48(57-50(63)58-49)54-30-18-12-13-21-39(3)61)46(59)23-15-10-8-9-14-22-45-51(4,5)41-37-40(71(67,68)69)26-28-43(41)60(45)34-20-35-70(64,65)66/h8-10,14-15,22-23,25-28,36-37H,7,11-13,16-21,24,29-35H2,1-6H3,(H5-,53,54,55,56,57,58,62,63,64,65,66,67,68,69)/p+1. The van der Waals surface area contributed by atoms with Gasteiger partial charge in [0, 0.05) is 79.9 Å². The first-order valence-electron chi connectivity index (χ1n) is 24.7. The highest BCUT2D eigenvalue weighted by Crippen LogP contribution is 2.51. The van der Waals surface area contributed by atoms with Crippen molar-refractivity contribution < 1.29 is 40.1 Å². The third-order valence-electron chi connectivity index (χ3n) is 12.9. The van der Waals surface area contributed by atoms with E-state index in [-0.39, 0.29) is 40.9 Å². The van der Waals surface area contributed by atoms with E-state index in [1.165, 1.54) is 34.6 Å². The van der Waals surface area contributed by atoms with E-state index in [0.29, 0.717) is 56.1 Å². The number of carbonyl (C=O) groups excluding carboxylic acids is 2. The number of hydrogen-bond acceptors (Lipinski definition) is 12. The molecule has 0 bridgehead atoms. The van der Waals surface area contributed by atoms with E-state index in [0.717, 1.165) is 63.6 Å². The summed E-state index contributed by atoms with van der Waals surface area (Å²) < 4.78 is 68.2. The summed E-state index contributed by atoms with van der Waals surface area (Å²) in [7, 11) is -8.63. The Hall–Kier alpha value is -5.76. The predicted molar refractivity (Wildman–Crippen MR) is 281 cm³/mol. The number of unbranched alkanes of at least 4 members (excludes halogenated alkanes) is 4. The number of Topliss-reactive ketones (excluding diaryl/α,β-unsaturated/α-hetero) is 1. The van der Waals surface area contributed by atoms with Gasteiger partial charge in [-0.1, -0.05) is 74.3 Å². The molecule has 1 aromatic heterocycles. The van der Waals surface area contributed by atoms with E-state index < -0.39 is 37.1 Å². The van der Waals surface area contributed by atoms with Crippen LogP contribution >= 0.6 is 0 Å². The zero-order chi connectivity index (χ0) is 51.8. The van der Waals surface area contributed by atoms with E-state index in [2.05, 4.69) is 80.8 Å². The molecule has 1 unspecified atom stereocenters. The van der Waals surface area contributed by atoms with Crippen molar-refractivity contribution in [2.24, 2.45) is 0 Å². The highest BCUT2D eigenvalue weighted by Gasteiger charge is 2.45. The maximum absolute atomic E-state index is 12.8. The van der Waals surface area contributed by atoms with Gasteiger partial charge in [-0.2, -0.15) is 31.4 Å². The number of hydrogen-bond donors (Lipinski definition) is 6. The fourth-order valence-corrected chi connectivity index (χ4v) is 10.3. The number of nitrogens with zero attached hydrogens (tertiary/aromatic N) is 4. The molecule has 6 N–H and O–H groups in total. The quantitative estimate of drug-likeness (QED) is 0.0166. The smallest absolute Gasteiger partial charge is 0.350 e. The van der Waals surface area contributed by atoms with Crippen LogP contribution < -0.4 is 26.5 Å². The maximum atomic E-state index is 12.8. The number of H-pyrrole nitrogens is 1. The summed E-state index contributed by atoms with van der Waals surface area (Å²) in [4.78, 5) is 49.0. The van der Waals surface area contributed by atoms with E-state index >= 15 is 0 Å². The van der Waals surface area contributed by atoms with Crippen LogP contribution in [0, 0.1) is 6.92 Å². The Morgan fingerprint density at radius 2 is 1.54 bits per heavy atom. The highest BCUT2D eigenvalue weighted by atomic mass is 32.2. The average molecular weight is 1020 g/mol. The number of benzene rings is 2. The molecule has 5 rings (SSSR count). The molecule has 3 aromatic rings. The molecule has 386 valence electrons. The van der Waals surface area contributed by atoms with Crippen LogP contribution in [-0.4, -0.2) is 101 Å². The zero-order valence-corrected chi connectivity index (χ0v) is 43.7. The molecule has 17 nitrogen and oxygen atoms in total. The SMILES string of the molecule is CCCN1C(=CC=CC=CC=CC2=[N+](CCCS(=O)(=O)O)c3ccc(S(=O)(=O)O)cc3C2(C)C)C(C)(CCCCCC(=O)NCCCNc2nc(NCCCCCC(C)=O)[nH]c(=O)n2)c2cc(C)ccc21. The summed E-state index contributed by atoms with van der Waals surface area (Å²) in [5, 5.41) is 9.16. The first kappa shape index (κ1) is 56.2. The predicted octanol–water partition coefficient (Wildman–Crippen LogP) is 8.24. The number of ketones is 1. The van der Waals surface area contributed by atoms with Crippen LogP contribution in [0.1, 0.15) is 128 Å². The van der Waals surface area contributed by atoms with Gasteiger partial charge in [-0.3, -0.25) is 18.9 Å². The number of aromatic amines is 1. The summed E-state index contributed by atoms with van der Waals surface area (Å²) in [6, 6.07) is 11.0. The van der Waals surface area contributed by atoms with Crippen LogP contribution in [0.2, 0.25) is 0 Å². The van der Waals surface area contributed by atoms with Gasteiger partial charge in [0.2, 0.25) is 23.5 Å². The largest absolute Gasteiger partial charge is 0.356 e. The van der Waals surface area contributed by atoms with E-state index in [9.17, 15) is 40.3 Å². The topological polar surface area (TPSA) is 244 Å². The summed E-state index contributed by atoms with van der Waals surface area (Å²) >= 11 is 0. The molecule has 0 radical (unpaired) electrons. The minimum Gasteiger partial charge on any atom is -0.356 e. The van der Waals surface area contributed by atoms with Gasteiger partial charge >= 0.3 is 5.69 Å². The van der Waals surface area contributed by atoms with Crippen LogP contribution in [0.5, 0.6) is 0 Å². The lowest BCUT2D eigenvalue weighted by molar-refractivity contribution is -0.437. The number of aromatic nitrogens is 3. The Balaban J connectivity index is 1.16. The maximum Gasteiger partial charge on any atom is 0.350 e. The van der Waals surface area contributed by atoms with Gasteiger partial charge in [0.05, 0.1) is 16.1 Å². The molecule has 0 spiro atoms. The zero-order valence-electron chi connectivity index (χ0n) is 42.1. The van der Waals surface area contributed by atoms with Crippen LogP contribution in [0.15, 0.2) is 94.3 Å². The van der Waals surface area contributed by atoms with Crippen LogP contribution in [0.3, 0.4) is 0 Å². The number of rotatable bonds is 29. The lowest BCUT2D eigenvalue weighted by Gasteiger charge is -2.30. The molecule has 2 aliphatic rings. The highest BCUT2D eigenvalue weighted by molar-refractivity contribution is 7.86. The Bertz CT molecular complexity index is 2820. The van der Waals surface area contributed by atoms with Crippen LogP contribution in [0.4, 0.5) is 23.3 Å². The average Bonchev–Trinajstić information content (AvgIpc) is 3.64. The number of amides is 1. The van der Waals surface area contributed by atoms with Crippen molar-refractivity contribution in [2.45, 2.75) is 134 Å². The molecule has 0 fully saturated rings. The van der Waals surface area contributed by atoms with Gasteiger partial charge in [-0.05, 0) is 103 Å². The molecular weight excluding hydrogens is 945 g/mol. The molecule has 0 aliphatic carbocycles. The number of aryl methyl sites for hydroxylation is 1. The number of anilines is 3. The van der Waals surface area contributed by atoms with Crippen molar-refractivity contribution in [2.75, 3.05) is 54.0 Å². The van der Waals surface area contributed by atoms with E-state index in [1.54, 1.807) is 13.0 Å². The minimum atomic E-state index is -4.45. The molecule has 0 saturated carbocycles. The fourth-order valence-electron chi connectivity index (χ4n) is 9.32. The van der Waals surface area contributed by atoms with Gasteiger partial charge in [0.1, 0.15) is 12.3 Å². The molecule has 0 saturated heterocycles. The number of allylic oxidation sites excluding steroid dienone is 8. The van der Waals surface area contributed by atoms with Crippen molar-refractivity contribution in [1.82, 2.24) is 20.3 Å². The molecule has 19 heteroatoms. The Kier molecular flexibility index (Phi) is 20.2. The van der Waals surface area contributed by atoms with Crippen molar-refractivity contribution in [3.8, 4) is 0 Å². The van der Waals surface area contributed by atoms with Gasteiger partial charge < -0.3 is 25.6 Å². The summed E-state index contributed by atoms with van der Waals surface area (Å²) in [6.07, 6.45) is 22.6. The van der Waals surface area contributed by atoms with Gasteiger partial charge in [-0.15, -0.1) is 0 Å². The molecule has 1 atom stereocenters. The second-order valence-electron chi connectivity index (χ2n) is 19.1. The first-order valence-corrected chi connectivity index (χ1v) is 27.7. The van der Waals surface area contributed by atoms with Crippen molar-refractivity contribution in [3.63, 3.8) is 0 Å². The minimum absolute atomic E-state index is 0.000829. The van der Waals surface area contributed by atoms with Gasteiger partial charge in [0.25, 0.3) is 20.2 Å². The lowest BCUT2D eigenvalue weighted by atomic mass is 9.76. The second kappa shape index (κ2) is 25.6. The lowest BCUT2D eigenvalue weighted by Crippen LogP contribution is -2.29. The first-order chi connectivity index (χ1) is 33.6. The Labute approximate surface area is 419 Å². The number of fused-ring (bicyclic) bond motifs is 2. The fraction of sp³-hybridized carbons (Fsp3) is 0.500. The van der Waals surface area contributed by atoms with Gasteiger partial charge in [0.15, 0.2) is 5.71 Å². The van der Waals surface area contributed by atoms with Crippen molar-refractivity contribution in [3.05, 3.63) is 112 Å². The van der Waals surface area contributed by atoms with Crippen molar-refractivity contribution >= 4 is 60.9 Å².